The lowest BCUT2D eigenvalue weighted by Crippen LogP contribution is -2.28. The molecule has 1 aliphatic heterocycles. The smallest absolute Gasteiger partial charge is 0.274 e. The van der Waals surface area contributed by atoms with Crippen LogP contribution in [0.4, 0.5) is 4.39 Å². The fourth-order valence-electron chi connectivity index (χ4n) is 1.73. The molecule has 0 saturated heterocycles. The van der Waals surface area contributed by atoms with E-state index in [1.165, 1.54) is 25.3 Å². The van der Waals surface area contributed by atoms with Crippen molar-refractivity contribution in [1.29, 1.82) is 0 Å². The van der Waals surface area contributed by atoms with E-state index in [0.29, 0.717) is 16.3 Å². The molecule has 2 N–H and O–H groups in total. The maximum absolute atomic E-state index is 14.1. The van der Waals surface area contributed by atoms with Crippen LogP contribution in [0.25, 0.3) is 0 Å². The standard InChI is InChI=1S/C13H12ClFN2O3/c1-20-11-4-7(2-3-8(11)14)9(15)6-16-10-5-12(18)17-13(10)19/h2-5,9H,6H2,1H3,(H2,16,17,18,19). The Labute approximate surface area is 119 Å². The number of imide groups is 1. The van der Waals surface area contributed by atoms with Crippen molar-refractivity contribution < 1.29 is 18.7 Å². The fourth-order valence-corrected chi connectivity index (χ4v) is 1.93. The molecule has 1 aromatic rings. The van der Waals surface area contributed by atoms with E-state index in [1.807, 2.05) is 0 Å². The minimum Gasteiger partial charge on any atom is -0.495 e. The van der Waals surface area contributed by atoms with Crippen LogP contribution >= 0.6 is 11.6 Å². The molecular formula is C13H12ClFN2O3. The molecule has 0 radical (unpaired) electrons. The summed E-state index contributed by atoms with van der Waals surface area (Å²) in [7, 11) is 1.44. The van der Waals surface area contributed by atoms with Crippen molar-refractivity contribution in [3.05, 3.63) is 40.6 Å². The minimum atomic E-state index is -1.37. The van der Waals surface area contributed by atoms with Gasteiger partial charge in [-0.25, -0.2) is 4.39 Å². The highest BCUT2D eigenvalue weighted by atomic mass is 35.5. The van der Waals surface area contributed by atoms with Gasteiger partial charge in [0.2, 0.25) is 0 Å². The van der Waals surface area contributed by atoms with Gasteiger partial charge in [0.05, 0.1) is 18.7 Å². The van der Waals surface area contributed by atoms with Crippen LogP contribution in [0.2, 0.25) is 5.02 Å². The Morgan fingerprint density at radius 2 is 2.20 bits per heavy atom. The summed E-state index contributed by atoms with van der Waals surface area (Å²) in [6.07, 6.45) is -0.275. The highest BCUT2D eigenvalue weighted by Gasteiger charge is 2.22. The number of hydrogen-bond donors (Lipinski definition) is 2. The molecule has 2 rings (SSSR count). The number of carbonyl (C=O) groups excluding carboxylic acids is 2. The van der Waals surface area contributed by atoms with Crippen molar-refractivity contribution in [3.8, 4) is 5.75 Å². The van der Waals surface area contributed by atoms with Gasteiger partial charge in [-0.2, -0.15) is 0 Å². The van der Waals surface area contributed by atoms with Crippen LogP contribution in [0.15, 0.2) is 30.0 Å². The highest BCUT2D eigenvalue weighted by Crippen LogP contribution is 2.29. The Balaban J connectivity index is 2.02. The summed E-state index contributed by atoms with van der Waals surface area (Å²) in [5.74, 6) is -0.697. The lowest BCUT2D eigenvalue weighted by molar-refractivity contribution is -0.124. The van der Waals surface area contributed by atoms with E-state index in [2.05, 4.69) is 10.6 Å². The van der Waals surface area contributed by atoms with Crippen LogP contribution in [0.3, 0.4) is 0 Å². The summed E-state index contributed by atoms with van der Waals surface area (Å²) in [6, 6.07) is 4.56. The van der Waals surface area contributed by atoms with E-state index in [0.717, 1.165) is 6.08 Å². The van der Waals surface area contributed by atoms with Gasteiger partial charge in [-0.3, -0.25) is 14.9 Å². The zero-order valence-electron chi connectivity index (χ0n) is 10.6. The number of rotatable bonds is 5. The maximum atomic E-state index is 14.1. The lowest BCUT2D eigenvalue weighted by atomic mass is 10.1. The quantitative estimate of drug-likeness (QED) is 0.808. The molecule has 0 aromatic heterocycles. The lowest BCUT2D eigenvalue weighted by Gasteiger charge is -2.12. The molecule has 5 nitrogen and oxygen atoms in total. The van der Waals surface area contributed by atoms with Gasteiger partial charge in [0.25, 0.3) is 11.8 Å². The second-order valence-electron chi connectivity index (χ2n) is 4.12. The second-order valence-corrected chi connectivity index (χ2v) is 4.53. The molecule has 1 unspecified atom stereocenters. The summed E-state index contributed by atoms with van der Waals surface area (Å²) >= 11 is 5.85. The molecule has 1 aromatic carbocycles. The Hall–Kier alpha value is -2.08. The number of ether oxygens (including phenoxy) is 1. The first kappa shape index (κ1) is 14.3. The van der Waals surface area contributed by atoms with Gasteiger partial charge in [-0.15, -0.1) is 0 Å². The number of carbonyl (C=O) groups is 2. The molecule has 0 spiro atoms. The number of hydrogen-bond acceptors (Lipinski definition) is 4. The van der Waals surface area contributed by atoms with Gasteiger partial charge in [0.1, 0.15) is 17.6 Å². The second kappa shape index (κ2) is 5.92. The summed E-state index contributed by atoms with van der Waals surface area (Å²) in [6.45, 7) is -0.142. The predicted octanol–water partition coefficient (Wildman–Crippen LogP) is 1.49. The molecule has 106 valence electrons. The third kappa shape index (κ3) is 3.08. The predicted molar refractivity (Wildman–Crippen MR) is 71.1 cm³/mol. The molecule has 0 fully saturated rings. The Bertz CT molecular complexity index is 589. The first-order chi connectivity index (χ1) is 9.51. The minimum absolute atomic E-state index is 0.0542. The zero-order chi connectivity index (χ0) is 14.7. The molecule has 2 amide bonds. The first-order valence-electron chi connectivity index (χ1n) is 5.79. The Morgan fingerprint density at radius 3 is 2.80 bits per heavy atom. The fraction of sp³-hybridized carbons (Fsp3) is 0.231. The third-order valence-corrected chi connectivity index (χ3v) is 3.08. The maximum Gasteiger partial charge on any atom is 0.274 e. The third-order valence-electron chi connectivity index (χ3n) is 2.77. The monoisotopic (exact) mass is 298 g/mol. The Kier molecular flexibility index (Phi) is 4.24. The van der Waals surface area contributed by atoms with E-state index in [9.17, 15) is 14.0 Å². The van der Waals surface area contributed by atoms with Crippen LogP contribution in [0.5, 0.6) is 5.75 Å². The Morgan fingerprint density at radius 1 is 1.45 bits per heavy atom. The van der Waals surface area contributed by atoms with E-state index in [4.69, 9.17) is 16.3 Å². The van der Waals surface area contributed by atoms with Crippen molar-refractivity contribution in [2.24, 2.45) is 0 Å². The summed E-state index contributed by atoms with van der Waals surface area (Å²) in [5, 5.41) is 5.04. The number of halogens is 2. The van der Waals surface area contributed by atoms with E-state index in [-0.39, 0.29) is 12.2 Å². The zero-order valence-corrected chi connectivity index (χ0v) is 11.3. The molecule has 1 aliphatic rings. The van der Waals surface area contributed by atoms with E-state index in [1.54, 1.807) is 0 Å². The van der Waals surface area contributed by atoms with Gasteiger partial charge in [0, 0.05) is 6.08 Å². The van der Waals surface area contributed by atoms with Crippen LogP contribution in [-0.2, 0) is 9.59 Å². The number of nitrogens with one attached hydrogen (secondary N) is 2. The van der Waals surface area contributed by atoms with Crippen molar-refractivity contribution in [2.45, 2.75) is 6.17 Å². The molecule has 0 bridgehead atoms. The average Bonchev–Trinajstić information content (AvgIpc) is 2.74. The molecular weight excluding hydrogens is 287 g/mol. The SMILES string of the molecule is COc1cc(C(F)CNC2=CC(=O)NC2=O)ccc1Cl. The number of methoxy groups -OCH3 is 1. The summed E-state index contributed by atoms with van der Waals surface area (Å²) < 4.78 is 19.1. The molecule has 1 heterocycles. The van der Waals surface area contributed by atoms with Crippen LogP contribution in [-0.4, -0.2) is 25.5 Å². The number of alkyl halides is 1. The number of amides is 2. The van der Waals surface area contributed by atoms with E-state index >= 15 is 0 Å². The first-order valence-corrected chi connectivity index (χ1v) is 6.17. The van der Waals surface area contributed by atoms with E-state index < -0.39 is 18.0 Å². The summed E-state index contributed by atoms with van der Waals surface area (Å²) in [5.41, 5.74) is 0.419. The topological polar surface area (TPSA) is 67.4 Å². The largest absolute Gasteiger partial charge is 0.495 e. The average molecular weight is 299 g/mol. The van der Waals surface area contributed by atoms with Gasteiger partial charge >= 0.3 is 0 Å². The van der Waals surface area contributed by atoms with Gasteiger partial charge in [-0.05, 0) is 17.7 Å². The van der Waals surface area contributed by atoms with Crippen molar-refractivity contribution >= 4 is 23.4 Å². The normalized spacial score (nSPS) is 15.7. The summed E-state index contributed by atoms with van der Waals surface area (Å²) in [4.78, 5) is 22.2. The van der Waals surface area contributed by atoms with Crippen LogP contribution in [0, 0.1) is 0 Å². The molecule has 7 heteroatoms. The van der Waals surface area contributed by atoms with Crippen molar-refractivity contribution in [3.63, 3.8) is 0 Å². The molecule has 0 aliphatic carbocycles. The molecule has 0 saturated carbocycles. The van der Waals surface area contributed by atoms with Gasteiger partial charge in [-0.1, -0.05) is 17.7 Å². The molecule has 20 heavy (non-hydrogen) atoms. The number of benzene rings is 1. The van der Waals surface area contributed by atoms with Crippen molar-refractivity contribution in [2.75, 3.05) is 13.7 Å². The van der Waals surface area contributed by atoms with Crippen molar-refractivity contribution in [1.82, 2.24) is 10.6 Å². The molecule has 1 atom stereocenters. The van der Waals surface area contributed by atoms with Crippen LogP contribution in [0.1, 0.15) is 11.7 Å². The van der Waals surface area contributed by atoms with Crippen LogP contribution < -0.4 is 15.4 Å². The van der Waals surface area contributed by atoms with Gasteiger partial charge in [0.15, 0.2) is 0 Å². The highest BCUT2D eigenvalue weighted by molar-refractivity contribution is 6.32. The van der Waals surface area contributed by atoms with Gasteiger partial charge < -0.3 is 10.1 Å².